The average molecular weight is 274 g/mol. The summed E-state index contributed by atoms with van der Waals surface area (Å²) in [5.74, 6) is 1.34. The minimum absolute atomic E-state index is 0.0395. The monoisotopic (exact) mass is 274 g/mol. The molecule has 5 heteroatoms. The lowest BCUT2D eigenvalue weighted by Gasteiger charge is -2.21. The molecule has 1 saturated carbocycles. The number of amides is 1. The zero-order valence-corrected chi connectivity index (χ0v) is 11.7. The Balaban J connectivity index is 1.76. The van der Waals surface area contributed by atoms with Gasteiger partial charge < -0.3 is 16.0 Å². The van der Waals surface area contributed by atoms with Crippen molar-refractivity contribution in [2.45, 2.75) is 31.7 Å². The maximum Gasteiger partial charge on any atom is 0.255 e. The number of nitrogens with one attached hydrogen (secondary N) is 1. The fourth-order valence-electron chi connectivity index (χ4n) is 2.87. The topological polar surface area (TPSA) is 71.2 Å². The molecule has 3 N–H and O–H groups in total. The highest BCUT2D eigenvalue weighted by atomic mass is 16.1. The summed E-state index contributed by atoms with van der Waals surface area (Å²) in [7, 11) is 0. The lowest BCUT2D eigenvalue weighted by molar-refractivity contribution is 0.0933. The van der Waals surface area contributed by atoms with E-state index in [1.54, 1.807) is 6.20 Å². The van der Waals surface area contributed by atoms with Gasteiger partial charge in [0.25, 0.3) is 5.91 Å². The van der Waals surface area contributed by atoms with Gasteiger partial charge in [0.05, 0.1) is 5.56 Å². The second-order valence-corrected chi connectivity index (χ2v) is 5.72. The highest BCUT2D eigenvalue weighted by Gasteiger charge is 2.32. The summed E-state index contributed by atoms with van der Waals surface area (Å²) < 4.78 is 0. The quantitative estimate of drug-likeness (QED) is 0.845. The van der Waals surface area contributed by atoms with E-state index in [1.165, 1.54) is 25.7 Å². The Bertz CT molecular complexity index is 481. The number of rotatable bonds is 5. The molecule has 20 heavy (non-hydrogen) atoms. The number of nitrogens with zero attached hydrogens (tertiary/aromatic N) is 2. The molecule has 5 nitrogen and oxygen atoms in total. The Morgan fingerprint density at radius 2 is 2.20 bits per heavy atom. The van der Waals surface area contributed by atoms with Crippen molar-refractivity contribution in [2.75, 3.05) is 24.5 Å². The van der Waals surface area contributed by atoms with Gasteiger partial charge in [-0.15, -0.1) is 0 Å². The molecule has 2 aliphatic rings. The van der Waals surface area contributed by atoms with Crippen molar-refractivity contribution in [1.82, 2.24) is 10.3 Å². The average Bonchev–Trinajstić information content (AvgIpc) is 3.18. The molecule has 1 aromatic rings. The molecule has 0 radical (unpaired) electrons. The summed E-state index contributed by atoms with van der Waals surface area (Å²) in [4.78, 5) is 19.1. The Morgan fingerprint density at radius 3 is 2.85 bits per heavy atom. The van der Waals surface area contributed by atoms with Gasteiger partial charge in [-0.3, -0.25) is 4.79 Å². The van der Waals surface area contributed by atoms with Gasteiger partial charge in [-0.1, -0.05) is 0 Å². The molecule has 2 fully saturated rings. The predicted octanol–water partition coefficient (Wildman–Crippen LogP) is 1.15. The van der Waals surface area contributed by atoms with Gasteiger partial charge in [-0.2, -0.15) is 0 Å². The molecule has 0 bridgehead atoms. The van der Waals surface area contributed by atoms with Gasteiger partial charge in [0.15, 0.2) is 0 Å². The molecule has 2 heterocycles. The van der Waals surface area contributed by atoms with Crippen LogP contribution in [-0.2, 0) is 0 Å². The van der Waals surface area contributed by atoms with E-state index in [4.69, 9.17) is 5.73 Å². The predicted molar refractivity (Wildman–Crippen MR) is 78.7 cm³/mol. The first-order valence-corrected chi connectivity index (χ1v) is 7.50. The molecule has 0 spiro atoms. The summed E-state index contributed by atoms with van der Waals surface area (Å²) in [5, 5.41) is 3.08. The van der Waals surface area contributed by atoms with Gasteiger partial charge in [0.2, 0.25) is 0 Å². The molecular weight excluding hydrogens is 252 g/mol. The van der Waals surface area contributed by atoms with Crippen molar-refractivity contribution in [1.29, 1.82) is 0 Å². The summed E-state index contributed by atoms with van der Waals surface area (Å²) >= 11 is 0. The third-order valence-corrected chi connectivity index (χ3v) is 4.20. The number of hydrogen-bond donors (Lipinski definition) is 2. The van der Waals surface area contributed by atoms with Crippen LogP contribution in [0.25, 0.3) is 0 Å². The van der Waals surface area contributed by atoms with Crippen LogP contribution in [0, 0.1) is 5.92 Å². The molecule has 1 aliphatic heterocycles. The Morgan fingerprint density at radius 1 is 1.45 bits per heavy atom. The van der Waals surface area contributed by atoms with Crippen molar-refractivity contribution < 1.29 is 4.79 Å². The minimum atomic E-state index is -0.0395. The van der Waals surface area contributed by atoms with Crippen LogP contribution < -0.4 is 16.0 Å². The number of carbonyl (C=O) groups is 1. The van der Waals surface area contributed by atoms with E-state index < -0.39 is 0 Å². The van der Waals surface area contributed by atoms with E-state index in [0.29, 0.717) is 18.0 Å². The molecule has 1 aromatic heterocycles. The van der Waals surface area contributed by atoms with E-state index in [9.17, 15) is 4.79 Å². The van der Waals surface area contributed by atoms with Crippen molar-refractivity contribution in [3.05, 3.63) is 23.9 Å². The van der Waals surface area contributed by atoms with Crippen LogP contribution in [0.5, 0.6) is 0 Å². The van der Waals surface area contributed by atoms with E-state index >= 15 is 0 Å². The third kappa shape index (κ3) is 2.77. The van der Waals surface area contributed by atoms with Gasteiger partial charge in [-0.25, -0.2) is 4.98 Å². The number of anilines is 1. The molecule has 1 aliphatic carbocycles. The van der Waals surface area contributed by atoms with Crippen molar-refractivity contribution in [3.8, 4) is 0 Å². The largest absolute Gasteiger partial charge is 0.356 e. The number of pyridine rings is 1. The third-order valence-electron chi connectivity index (χ3n) is 4.20. The fourth-order valence-corrected chi connectivity index (χ4v) is 2.87. The van der Waals surface area contributed by atoms with E-state index in [-0.39, 0.29) is 11.9 Å². The van der Waals surface area contributed by atoms with Crippen molar-refractivity contribution in [2.24, 2.45) is 11.7 Å². The van der Waals surface area contributed by atoms with Crippen LogP contribution in [0.15, 0.2) is 18.3 Å². The lowest BCUT2D eigenvalue weighted by Crippen LogP contribution is -2.42. The van der Waals surface area contributed by atoms with Crippen LogP contribution in [-0.4, -0.2) is 36.6 Å². The van der Waals surface area contributed by atoms with Gasteiger partial charge in [-0.05, 0) is 43.7 Å². The molecule has 1 saturated heterocycles. The summed E-state index contributed by atoms with van der Waals surface area (Å²) in [6.45, 7) is 2.48. The maximum absolute atomic E-state index is 12.5. The smallest absolute Gasteiger partial charge is 0.255 e. The van der Waals surface area contributed by atoms with Gasteiger partial charge in [0.1, 0.15) is 5.82 Å². The van der Waals surface area contributed by atoms with Crippen LogP contribution in [0.4, 0.5) is 5.82 Å². The van der Waals surface area contributed by atoms with Crippen LogP contribution >= 0.6 is 0 Å². The first-order valence-electron chi connectivity index (χ1n) is 7.50. The Hall–Kier alpha value is -1.62. The van der Waals surface area contributed by atoms with Crippen molar-refractivity contribution >= 4 is 11.7 Å². The number of carbonyl (C=O) groups excluding carboxylic acids is 1. The van der Waals surface area contributed by atoms with Gasteiger partial charge in [0, 0.05) is 31.9 Å². The SMILES string of the molecule is NCC(NC(=O)c1cccnc1N1CCCC1)C1CC1. The number of nitrogens with two attached hydrogens (primary N) is 1. The van der Waals surface area contributed by atoms with Crippen LogP contribution in [0.1, 0.15) is 36.0 Å². The lowest BCUT2D eigenvalue weighted by atomic mass is 10.1. The molecule has 108 valence electrons. The highest BCUT2D eigenvalue weighted by Crippen LogP contribution is 2.32. The first kappa shape index (κ1) is 13.4. The van der Waals surface area contributed by atoms with Crippen molar-refractivity contribution in [3.63, 3.8) is 0 Å². The van der Waals surface area contributed by atoms with E-state index in [0.717, 1.165) is 18.9 Å². The fraction of sp³-hybridized carbons (Fsp3) is 0.600. The van der Waals surface area contributed by atoms with Crippen LogP contribution in [0.3, 0.4) is 0 Å². The summed E-state index contributed by atoms with van der Waals surface area (Å²) in [6, 6.07) is 3.79. The normalized spacial score (nSPS) is 19.9. The molecule has 1 unspecified atom stereocenters. The Labute approximate surface area is 119 Å². The molecule has 1 atom stereocenters. The molecule has 3 rings (SSSR count). The van der Waals surface area contributed by atoms with Crippen LogP contribution in [0.2, 0.25) is 0 Å². The van der Waals surface area contributed by atoms with E-state index in [1.807, 2.05) is 12.1 Å². The standard InChI is InChI=1S/C15H22N4O/c16-10-13(11-5-6-11)18-15(20)12-4-3-7-17-14(12)19-8-1-2-9-19/h3-4,7,11,13H,1-2,5-6,8-10,16H2,(H,18,20). The molecule has 0 aromatic carbocycles. The number of aromatic nitrogens is 1. The zero-order chi connectivity index (χ0) is 13.9. The second-order valence-electron chi connectivity index (χ2n) is 5.72. The first-order chi connectivity index (χ1) is 9.79. The summed E-state index contributed by atoms with van der Waals surface area (Å²) in [5.41, 5.74) is 6.43. The highest BCUT2D eigenvalue weighted by molar-refractivity contribution is 5.99. The maximum atomic E-state index is 12.5. The zero-order valence-electron chi connectivity index (χ0n) is 11.7. The summed E-state index contributed by atoms with van der Waals surface area (Å²) in [6.07, 6.45) is 6.45. The van der Waals surface area contributed by atoms with Gasteiger partial charge >= 0.3 is 0 Å². The Kier molecular flexibility index (Phi) is 3.87. The molecule has 1 amide bonds. The second kappa shape index (κ2) is 5.79. The molecular formula is C15H22N4O. The van der Waals surface area contributed by atoms with E-state index in [2.05, 4.69) is 15.2 Å². The number of hydrogen-bond acceptors (Lipinski definition) is 4. The minimum Gasteiger partial charge on any atom is -0.356 e.